The van der Waals surface area contributed by atoms with E-state index in [9.17, 15) is 4.79 Å². The lowest BCUT2D eigenvalue weighted by atomic mass is 9.98. The van der Waals surface area contributed by atoms with E-state index in [1.807, 2.05) is 23.1 Å². The highest BCUT2D eigenvalue weighted by Gasteiger charge is 2.29. The van der Waals surface area contributed by atoms with Crippen LogP contribution in [0.4, 0.5) is 4.79 Å². The van der Waals surface area contributed by atoms with E-state index in [4.69, 9.17) is 0 Å². The van der Waals surface area contributed by atoms with Crippen LogP contribution in [0, 0.1) is 0 Å². The molecule has 116 valence electrons. The predicted molar refractivity (Wildman–Crippen MR) is 89.1 cm³/mol. The Morgan fingerprint density at radius 2 is 2.36 bits per heavy atom. The molecule has 1 atom stereocenters. The number of nitrogens with zero attached hydrogens (tertiary/aromatic N) is 2. The van der Waals surface area contributed by atoms with Crippen LogP contribution in [0.25, 0.3) is 0 Å². The lowest BCUT2D eigenvalue weighted by Gasteiger charge is -2.35. The molecule has 1 aliphatic rings. The van der Waals surface area contributed by atoms with Crippen molar-refractivity contribution in [3.8, 4) is 0 Å². The zero-order valence-corrected chi connectivity index (χ0v) is 13.6. The number of thiophene rings is 1. The maximum absolute atomic E-state index is 12.5. The molecule has 1 N–H and O–H groups in total. The van der Waals surface area contributed by atoms with E-state index in [2.05, 4.69) is 28.7 Å². The smallest absolute Gasteiger partial charge is 0.317 e. The molecule has 0 saturated heterocycles. The van der Waals surface area contributed by atoms with Crippen molar-refractivity contribution < 1.29 is 4.79 Å². The van der Waals surface area contributed by atoms with E-state index in [-0.39, 0.29) is 12.1 Å². The number of aromatic nitrogens is 1. The summed E-state index contributed by atoms with van der Waals surface area (Å²) in [5.74, 6) is 0. The summed E-state index contributed by atoms with van der Waals surface area (Å²) >= 11 is 1.81. The normalized spacial score (nSPS) is 17.1. The predicted octanol–water partition coefficient (Wildman–Crippen LogP) is 3.40. The maximum atomic E-state index is 12.5. The zero-order valence-electron chi connectivity index (χ0n) is 12.8. The molecule has 0 unspecified atom stereocenters. The molecule has 5 heteroatoms. The number of urea groups is 1. The number of fused-ring (bicyclic) bond motifs is 1. The molecule has 0 spiro atoms. The van der Waals surface area contributed by atoms with Crippen molar-refractivity contribution in [3.05, 3.63) is 52.0 Å². The van der Waals surface area contributed by atoms with Gasteiger partial charge >= 0.3 is 6.03 Å². The summed E-state index contributed by atoms with van der Waals surface area (Å²) < 4.78 is 0. The van der Waals surface area contributed by atoms with Crippen molar-refractivity contribution in [2.75, 3.05) is 13.1 Å². The van der Waals surface area contributed by atoms with Crippen LogP contribution in [0.5, 0.6) is 0 Å². The van der Waals surface area contributed by atoms with Gasteiger partial charge in [-0.25, -0.2) is 4.79 Å². The molecule has 0 radical (unpaired) electrons. The first-order chi connectivity index (χ1) is 10.8. The van der Waals surface area contributed by atoms with Crippen molar-refractivity contribution >= 4 is 17.4 Å². The monoisotopic (exact) mass is 315 g/mol. The number of nitrogens with one attached hydrogen (secondary N) is 1. The van der Waals surface area contributed by atoms with Gasteiger partial charge in [-0.05, 0) is 42.0 Å². The van der Waals surface area contributed by atoms with E-state index in [0.29, 0.717) is 6.54 Å². The van der Waals surface area contributed by atoms with Crippen LogP contribution >= 0.6 is 11.3 Å². The molecule has 2 aromatic rings. The minimum Gasteiger partial charge on any atom is -0.338 e. The summed E-state index contributed by atoms with van der Waals surface area (Å²) in [4.78, 5) is 20.2. The van der Waals surface area contributed by atoms with E-state index >= 15 is 0 Å². The molecular formula is C17H21N3OS. The fourth-order valence-corrected chi connectivity index (χ4v) is 3.95. The number of hydrogen-bond donors (Lipinski definition) is 1. The van der Waals surface area contributed by atoms with Gasteiger partial charge in [-0.3, -0.25) is 4.98 Å². The number of pyridine rings is 1. The van der Waals surface area contributed by atoms with Gasteiger partial charge in [0.1, 0.15) is 0 Å². The highest BCUT2D eigenvalue weighted by molar-refractivity contribution is 7.10. The van der Waals surface area contributed by atoms with Gasteiger partial charge in [-0.2, -0.15) is 0 Å². The van der Waals surface area contributed by atoms with Gasteiger partial charge in [-0.1, -0.05) is 13.0 Å². The van der Waals surface area contributed by atoms with E-state index < -0.39 is 0 Å². The van der Waals surface area contributed by atoms with Gasteiger partial charge in [0.25, 0.3) is 0 Å². The Balaban J connectivity index is 1.58. The van der Waals surface area contributed by atoms with Gasteiger partial charge in [0.15, 0.2) is 0 Å². The number of rotatable bonds is 4. The maximum Gasteiger partial charge on any atom is 0.317 e. The van der Waals surface area contributed by atoms with E-state index in [1.165, 1.54) is 10.4 Å². The van der Waals surface area contributed by atoms with Crippen LogP contribution in [-0.4, -0.2) is 29.0 Å². The molecule has 3 heterocycles. The van der Waals surface area contributed by atoms with Gasteiger partial charge in [0.05, 0.1) is 6.04 Å². The lowest BCUT2D eigenvalue weighted by Crippen LogP contribution is -2.45. The quantitative estimate of drug-likeness (QED) is 0.940. The summed E-state index contributed by atoms with van der Waals surface area (Å²) in [7, 11) is 0. The molecule has 3 rings (SSSR count). The zero-order chi connectivity index (χ0) is 15.4. The van der Waals surface area contributed by atoms with Gasteiger partial charge in [0.2, 0.25) is 0 Å². The topological polar surface area (TPSA) is 45.2 Å². The Bertz CT molecular complexity index is 626. The molecule has 0 saturated carbocycles. The fourth-order valence-electron chi connectivity index (χ4n) is 3.02. The SMILES string of the molecule is CC[C@H]1c2ccsc2CCN1C(=O)NCCc1ccccn1. The summed E-state index contributed by atoms with van der Waals surface area (Å²) in [6, 6.07) is 8.28. The minimum atomic E-state index is 0.0413. The Hall–Kier alpha value is -1.88. The Labute approximate surface area is 135 Å². The summed E-state index contributed by atoms with van der Waals surface area (Å²) in [5, 5.41) is 5.17. The molecule has 0 fully saturated rings. The number of amides is 2. The van der Waals surface area contributed by atoms with Crippen molar-refractivity contribution in [1.29, 1.82) is 0 Å². The van der Waals surface area contributed by atoms with Crippen LogP contribution in [0.1, 0.15) is 35.5 Å². The molecule has 2 amide bonds. The Morgan fingerprint density at radius 3 is 3.14 bits per heavy atom. The van der Waals surface area contributed by atoms with Crippen molar-refractivity contribution in [2.24, 2.45) is 0 Å². The van der Waals surface area contributed by atoms with Crippen molar-refractivity contribution in [1.82, 2.24) is 15.2 Å². The first kappa shape index (κ1) is 15.0. The van der Waals surface area contributed by atoms with Crippen molar-refractivity contribution in [2.45, 2.75) is 32.2 Å². The third-order valence-electron chi connectivity index (χ3n) is 4.13. The first-order valence-electron chi connectivity index (χ1n) is 7.80. The summed E-state index contributed by atoms with van der Waals surface area (Å²) in [6.45, 7) is 3.58. The molecule has 0 aliphatic carbocycles. The average molecular weight is 315 g/mol. The second-order valence-corrected chi connectivity index (χ2v) is 6.47. The highest BCUT2D eigenvalue weighted by atomic mass is 32.1. The number of carbonyl (C=O) groups is 1. The van der Waals surface area contributed by atoms with Crippen LogP contribution in [0.2, 0.25) is 0 Å². The molecule has 22 heavy (non-hydrogen) atoms. The average Bonchev–Trinajstić information content (AvgIpc) is 3.03. The van der Waals surface area contributed by atoms with Crippen LogP contribution in [0.3, 0.4) is 0 Å². The molecule has 0 bridgehead atoms. The summed E-state index contributed by atoms with van der Waals surface area (Å²) in [5.41, 5.74) is 2.34. The largest absolute Gasteiger partial charge is 0.338 e. The summed E-state index contributed by atoms with van der Waals surface area (Å²) in [6.07, 6.45) is 4.47. The van der Waals surface area contributed by atoms with Gasteiger partial charge < -0.3 is 10.2 Å². The molecular weight excluding hydrogens is 294 g/mol. The fraction of sp³-hybridized carbons (Fsp3) is 0.412. The third-order valence-corrected chi connectivity index (χ3v) is 5.12. The second-order valence-electron chi connectivity index (χ2n) is 5.47. The first-order valence-corrected chi connectivity index (χ1v) is 8.68. The second kappa shape index (κ2) is 6.92. The Kier molecular flexibility index (Phi) is 4.73. The van der Waals surface area contributed by atoms with Gasteiger partial charge in [0, 0.05) is 36.3 Å². The lowest BCUT2D eigenvalue weighted by molar-refractivity contribution is 0.168. The van der Waals surface area contributed by atoms with E-state index in [1.54, 1.807) is 17.5 Å². The number of carbonyl (C=O) groups excluding carboxylic acids is 1. The van der Waals surface area contributed by atoms with E-state index in [0.717, 1.165) is 31.5 Å². The van der Waals surface area contributed by atoms with Crippen molar-refractivity contribution in [3.63, 3.8) is 0 Å². The van der Waals surface area contributed by atoms with Crippen LogP contribution in [0.15, 0.2) is 35.8 Å². The molecule has 0 aromatic carbocycles. The number of hydrogen-bond acceptors (Lipinski definition) is 3. The minimum absolute atomic E-state index is 0.0413. The third kappa shape index (κ3) is 3.14. The standard InChI is InChI=1S/C17H21N3OS/c1-2-15-14-8-12-22-16(14)7-11-20(15)17(21)19-10-6-13-5-3-4-9-18-13/h3-5,8-9,12,15H,2,6-7,10-11H2,1H3,(H,19,21)/t15-/m0/s1. The Morgan fingerprint density at radius 1 is 1.45 bits per heavy atom. The molecule has 4 nitrogen and oxygen atoms in total. The molecule has 2 aromatic heterocycles. The van der Waals surface area contributed by atoms with Crippen LogP contribution < -0.4 is 5.32 Å². The highest BCUT2D eigenvalue weighted by Crippen LogP contribution is 2.34. The van der Waals surface area contributed by atoms with Crippen LogP contribution in [-0.2, 0) is 12.8 Å². The van der Waals surface area contributed by atoms with Gasteiger partial charge in [-0.15, -0.1) is 11.3 Å². The molecule has 1 aliphatic heterocycles.